The summed E-state index contributed by atoms with van der Waals surface area (Å²) in [6.07, 6.45) is 0. The molecule has 7 heteroatoms. The van der Waals surface area contributed by atoms with Crippen LogP contribution < -0.4 is 10.1 Å². The van der Waals surface area contributed by atoms with Gasteiger partial charge in [0.15, 0.2) is 5.69 Å². The Hall–Kier alpha value is -3.19. The number of amides is 1. The molecule has 1 aromatic heterocycles. The predicted octanol–water partition coefficient (Wildman–Crippen LogP) is 3.80. The lowest BCUT2D eigenvalue weighted by molar-refractivity contribution is 0.101. The zero-order valence-corrected chi connectivity index (χ0v) is 16.5. The van der Waals surface area contributed by atoms with Crippen molar-refractivity contribution in [3.05, 3.63) is 65.5 Å². The molecule has 2 aromatic carbocycles. The average Bonchev–Trinajstić information content (AvgIpc) is 3.12. The third-order valence-corrected chi connectivity index (χ3v) is 4.41. The predicted molar refractivity (Wildman–Crippen MR) is 107 cm³/mol. The topological polar surface area (TPSA) is 78.3 Å². The Labute approximate surface area is 164 Å². The maximum atomic E-state index is 12.8. The van der Waals surface area contributed by atoms with Crippen molar-refractivity contribution in [2.45, 2.75) is 26.4 Å². The molecule has 1 N–H and O–H groups in total. The molecule has 146 valence electrons. The number of carbonyl (C=O) groups is 1. The van der Waals surface area contributed by atoms with Crippen LogP contribution in [0.2, 0.25) is 0 Å². The number of nitrogens with zero attached hydrogens (tertiary/aromatic N) is 3. The molecule has 0 aliphatic heterocycles. The van der Waals surface area contributed by atoms with Gasteiger partial charge in [-0.2, -0.15) is 0 Å². The Kier molecular flexibility index (Phi) is 6.06. The summed E-state index contributed by atoms with van der Waals surface area (Å²) in [5.74, 6) is 0.839. The summed E-state index contributed by atoms with van der Waals surface area (Å²) in [5, 5.41) is 11.1. The van der Waals surface area contributed by atoms with Crippen molar-refractivity contribution >= 4 is 11.6 Å². The molecule has 0 aliphatic carbocycles. The first kappa shape index (κ1) is 19.6. The summed E-state index contributed by atoms with van der Waals surface area (Å²) in [4.78, 5) is 12.8. The quantitative estimate of drug-likeness (QED) is 0.675. The Morgan fingerprint density at radius 2 is 1.75 bits per heavy atom. The van der Waals surface area contributed by atoms with Gasteiger partial charge in [-0.1, -0.05) is 31.2 Å². The van der Waals surface area contributed by atoms with E-state index in [9.17, 15) is 4.79 Å². The lowest BCUT2D eigenvalue weighted by Crippen LogP contribution is -2.16. The molecule has 0 bridgehead atoms. The van der Waals surface area contributed by atoms with Crippen LogP contribution in [0, 0.1) is 0 Å². The molecule has 1 heterocycles. The van der Waals surface area contributed by atoms with Gasteiger partial charge in [-0.3, -0.25) is 4.79 Å². The van der Waals surface area contributed by atoms with Gasteiger partial charge in [0.25, 0.3) is 5.91 Å². The molecular formula is C21H24N4O3. The number of aromatic nitrogens is 3. The van der Waals surface area contributed by atoms with Gasteiger partial charge < -0.3 is 14.8 Å². The Balaban J connectivity index is 1.86. The summed E-state index contributed by atoms with van der Waals surface area (Å²) in [6, 6.07) is 15.1. The van der Waals surface area contributed by atoms with Gasteiger partial charge in [-0.15, -0.1) is 5.10 Å². The first-order valence-electron chi connectivity index (χ1n) is 9.02. The van der Waals surface area contributed by atoms with E-state index in [1.165, 1.54) is 5.56 Å². The van der Waals surface area contributed by atoms with Gasteiger partial charge >= 0.3 is 0 Å². The lowest BCUT2D eigenvalue weighted by atomic mass is 10.0. The van der Waals surface area contributed by atoms with Crippen molar-refractivity contribution in [2.75, 3.05) is 19.5 Å². The summed E-state index contributed by atoms with van der Waals surface area (Å²) in [6.45, 7) is 4.46. The van der Waals surface area contributed by atoms with Crippen LogP contribution in [0.4, 0.5) is 5.69 Å². The largest absolute Gasteiger partial charge is 0.497 e. The Morgan fingerprint density at radius 3 is 2.32 bits per heavy atom. The van der Waals surface area contributed by atoms with Crippen LogP contribution in [0.25, 0.3) is 5.69 Å². The molecule has 0 fully saturated rings. The first-order valence-corrected chi connectivity index (χ1v) is 9.02. The third-order valence-electron chi connectivity index (χ3n) is 4.41. The van der Waals surface area contributed by atoms with Crippen LogP contribution in [-0.2, 0) is 11.3 Å². The molecular weight excluding hydrogens is 356 g/mol. The molecule has 3 aromatic rings. The number of methoxy groups -OCH3 is 2. The molecule has 0 spiro atoms. The molecule has 0 saturated carbocycles. The van der Waals surface area contributed by atoms with Gasteiger partial charge in [0, 0.05) is 12.8 Å². The van der Waals surface area contributed by atoms with Crippen molar-refractivity contribution < 1.29 is 14.3 Å². The van der Waals surface area contributed by atoms with Gasteiger partial charge in [0.2, 0.25) is 0 Å². The van der Waals surface area contributed by atoms with E-state index in [1.807, 2.05) is 48.5 Å². The molecule has 7 nitrogen and oxygen atoms in total. The highest BCUT2D eigenvalue weighted by atomic mass is 16.5. The first-order chi connectivity index (χ1) is 13.5. The van der Waals surface area contributed by atoms with E-state index in [4.69, 9.17) is 9.47 Å². The van der Waals surface area contributed by atoms with Gasteiger partial charge in [-0.25, -0.2) is 4.68 Å². The number of benzene rings is 2. The summed E-state index contributed by atoms with van der Waals surface area (Å²) < 4.78 is 12.0. The SMILES string of the molecule is COCc1c(C(=O)Nc2ccc(C(C)C)cc2)nnn1-c1ccc(OC)cc1. The van der Waals surface area contributed by atoms with Crippen LogP contribution in [0.1, 0.15) is 41.5 Å². The second-order valence-electron chi connectivity index (χ2n) is 6.66. The van der Waals surface area contributed by atoms with Crippen molar-refractivity contribution in [2.24, 2.45) is 0 Å². The molecule has 0 unspecified atom stereocenters. The second-order valence-corrected chi connectivity index (χ2v) is 6.66. The fraction of sp³-hybridized carbons (Fsp3) is 0.286. The van der Waals surface area contributed by atoms with Crippen LogP contribution in [0.15, 0.2) is 48.5 Å². The Morgan fingerprint density at radius 1 is 1.07 bits per heavy atom. The summed E-state index contributed by atoms with van der Waals surface area (Å²) >= 11 is 0. The minimum Gasteiger partial charge on any atom is -0.497 e. The fourth-order valence-electron chi connectivity index (χ4n) is 2.82. The number of rotatable bonds is 7. The zero-order chi connectivity index (χ0) is 20.1. The van der Waals surface area contributed by atoms with Crippen molar-refractivity contribution in [1.82, 2.24) is 15.0 Å². The summed E-state index contributed by atoms with van der Waals surface area (Å²) in [7, 11) is 3.18. The van der Waals surface area contributed by atoms with Gasteiger partial charge in [-0.05, 0) is 47.9 Å². The maximum Gasteiger partial charge on any atom is 0.278 e. The van der Waals surface area contributed by atoms with Crippen LogP contribution in [0.3, 0.4) is 0 Å². The Bertz CT molecular complexity index is 931. The molecule has 0 saturated heterocycles. The highest BCUT2D eigenvalue weighted by molar-refractivity contribution is 6.03. The lowest BCUT2D eigenvalue weighted by Gasteiger charge is -2.09. The van der Waals surface area contributed by atoms with E-state index in [1.54, 1.807) is 18.9 Å². The minimum atomic E-state index is -0.330. The fourth-order valence-corrected chi connectivity index (χ4v) is 2.82. The summed E-state index contributed by atoms with van der Waals surface area (Å²) in [5.41, 5.74) is 3.48. The molecule has 0 radical (unpaired) electrons. The molecule has 28 heavy (non-hydrogen) atoms. The number of nitrogens with one attached hydrogen (secondary N) is 1. The molecule has 0 atom stereocenters. The van der Waals surface area contributed by atoms with E-state index < -0.39 is 0 Å². The van der Waals surface area contributed by atoms with Gasteiger partial charge in [0.1, 0.15) is 11.4 Å². The van der Waals surface area contributed by atoms with Crippen molar-refractivity contribution in [3.8, 4) is 11.4 Å². The molecule has 3 rings (SSSR count). The van der Waals surface area contributed by atoms with Crippen LogP contribution in [0.5, 0.6) is 5.75 Å². The van der Waals surface area contributed by atoms with Crippen LogP contribution in [-0.4, -0.2) is 35.1 Å². The van der Waals surface area contributed by atoms with E-state index in [-0.39, 0.29) is 18.2 Å². The zero-order valence-electron chi connectivity index (χ0n) is 16.5. The minimum absolute atomic E-state index is 0.202. The highest BCUT2D eigenvalue weighted by Crippen LogP contribution is 2.20. The standard InChI is InChI=1S/C21H24N4O3/c1-14(2)15-5-7-16(8-6-15)22-21(26)20-19(13-27-3)25(24-23-20)17-9-11-18(28-4)12-10-17/h5-12,14H,13H2,1-4H3,(H,22,26). The van der Waals surface area contributed by atoms with E-state index >= 15 is 0 Å². The molecule has 0 aliphatic rings. The maximum absolute atomic E-state index is 12.8. The normalized spacial score (nSPS) is 10.9. The number of anilines is 1. The highest BCUT2D eigenvalue weighted by Gasteiger charge is 2.21. The number of ether oxygens (including phenoxy) is 2. The van der Waals surface area contributed by atoms with Gasteiger partial charge in [0.05, 0.1) is 19.4 Å². The number of hydrogen-bond acceptors (Lipinski definition) is 5. The monoisotopic (exact) mass is 380 g/mol. The average molecular weight is 380 g/mol. The van der Waals surface area contributed by atoms with Crippen LogP contribution >= 0.6 is 0 Å². The second kappa shape index (κ2) is 8.67. The van der Waals surface area contributed by atoms with Crippen molar-refractivity contribution in [3.63, 3.8) is 0 Å². The smallest absolute Gasteiger partial charge is 0.278 e. The van der Waals surface area contributed by atoms with Crippen molar-refractivity contribution in [1.29, 1.82) is 0 Å². The molecule has 1 amide bonds. The third kappa shape index (κ3) is 4.20. The van der Waals surface area contributed by atoms with E-state index in [0.717, 1.165) is 11.4 Å². The number of hydrogen-bond donors (Lipinski definition) is 1. The number of carbonyl (C=O) groups excluding carboxylic acids is 1. The van der Waals surface area contributed by atoms with E-state index in [0.29, 0.717) is 17.3 Å². The van der Waals surface area contributed by atoms with E-state index in [2.05, 4.69) is 29.5 Å².